The average Bonchev–Trinajstić information content (AvgIpc) is 3.22. The lowest BCUT2D eigenvalue weighted by Gasteiger charge is -2.21. The maximum absolute atomic E-state index is 9.81. The van der Waals surface area contributed by atoms with Gasteiger partial charge >= 0.3 is 0 Å². The molecule has 3 aromatic carbocycles. The molecular weight excluding hydrogens is 376 g/mol. The number of aliphatic hydroxyl groups is 1. The van der Waals surface area contributed by atoms with Crippen LogP contribution in [-0.2, 0) is 6.61 Å². The van der Waals surface area contributed by atoms with Gasteiger partial charge in [-0.25, -0.2) is 0 Å². The van der Waals surface area contributed by atoms with E-state index < -0.39 is 0 Å². The van der Waals surface area contributed by atoms with Crippen molar-refractivity contribution in [3.63, 3.8) is 0 Å². The van der Waals surface area contributed by atoms with E-state index in [9.17, 15) is 5.11 Å². The molecule has 1 atom stereocenters. The summed E-state index contributed by atoms with van der Waals surface area (Å²) in [6.45, 7) is -0.00739. The molecule has 4 aromatic rings. The summed E-state index contributed by atoms with van der Waals surface area (Å²) in [5.41, 5.74) is 4.94. The molecule has 0 aliphatic carbocycles. The van der Waals surface area contributed by atoms with Gasteiger partial charge in [0.05, 0.1) is 26.9 Å². The first kappa shape index (κ1) is 19.9. The fourth-order valence-electron chi connectivity index (χ4n) is 3.68. The first-order chi connectivity index (χ1) is 14.7. The minimum absolute atomic E-state index is 0.00739. The number of ether oxygens (including phenoxy) is 2. The number of methoxy groups -OCH3 is 2. The fraction of sp³-hybridized carbons (Fsp3) is 0.160. The molecule has 5 nitrogen and oxygen atoms in total. The fourth-order valence-corrected chi connectivity index (χ4v) is 3.68. The smallest absolute Gasteiger partial charge is 0.124 e. The molecule has 0 amide bonds. The van der Waals surface area contributed by atoms with Gasteiger partial charge in [0.1, 0.15) is 11.5 Å². The maximum atomic E-state index is 9.81. The number of nitrogens with one attached hydrogen (secondary N) is 2. The number of aromatic nitrogens is 1. The highest BCUT2D eigenvalue weighted by Gasteiger charge is 2.17. The molecule has 0 aliphatic rings. The van der Waals surface area contributed by atoms with E-state index in [0.717, 1.165) is 44.8 Å². The zero-order valence-corrected chi connectivity index (χ0v) is 17.1. The van der Waals surface area contributed by atoms with E-state index in [0.29, 0.717) is 0 Å². The van der Waals surface area contributed by atoms with Crippen molar-refractivity contribution in [2.24, 2.45) is 0 Å². The van der Waals surface area contributed by atoms with Gasteiger partial charge in [-0.3, -0.25) is 0 Å². The van der Waals surface area contributed by atoms with Gasteiger partial charge in [0.25, 0.3) is 0 Å². The zero-order valence-electron chi connectivity index (χ0n) is 17.1. The topological polar surface area (TPSA) is 66.5 Å². The van der Waals surface area contributed by atoms with Gasteiger partial charge < -0.3 is 24.9 Å². The van der Waals surface area contributed by atoms with Gasteiger partial charge in [-0.05, 0) is 22.8 Å². The molecule has 30 heavy (non-hydrogen) atoms. The number of H-pyrrole nitrogens is 1. The third-order valence-corrected chi connectivity index (χ3v) is 5.17. The van der Waals surface area contributed by atoms with Gasteiger partial charge in [0.2, 0.25) is 0 Å². The van der Waals surface area contributed by atoms with E-state index in [1.165, 1.54) is 0 Å². The van der Waals surface area contributed by atoms with Crippen LogP contribution in [-0.4, -0.2) is 24.3 Å². The first-order valence-electron chi connectivity index (χ1n) is 9.81. The van der Waals surface area contributed by atoms with E-state index in [1.54, 1.807) is 14.2 Å². The van der Waals surface area contributed by atoms with Gasteiger partial charge in [-0.1, -0.05) is 42.5 Å². The van der Waals surface area contributed by atoms with E-state index in [2.05, 4.69) is 28.9 Å². The summed E-state index contributed by atoms with van der Waals surface area (Å²) < 4.78 is 10.8. The SMILES string of the molecule is COc1cc(NC([CH]c2c[nH]c3cccc(CO)c23)c2ccccc2)cc(OC)c1. The van der Waals surface area contributed by atoms with Crippen molar-refractivity contribution in [3.8, 4) is 11.5 Å². The van der Waals surface area contributed by atoms with Crippen LogP contribution in [0.15, 0.2) is 72.9 Å². The molecule has 1 heterocycles. The monoisotopic (exact) mass is 401 g/mol. The molecule has 5 heteroatoms. The Morgan fingerprint density at radius 1 is 0.967 bits per heavy atom. The van der Waals surface area contributed by atoms with Crippen LogP contribution in [0.25, 0.3) is 10.9 Å². The number of hydrogen-bond donors (Lipinski definition) is 3. The zero-order chi connectivity index (χ0) is 20.9. The normalized spacial score (nSPS) is 12.0. The lowest BCUT2D eigenvalue weighted by Crippen LogP contribution is -2.12. The standard InChI is InChI=1S/C25H25N2O3/c1-29-21-12-20(13-22(14-21)30-2)27-24(17-7-4-3-5-8-17)11-19-15-26-23-10-6-9-18(16-28)25(19)23/h3-15,24,26-28H,16H2,1-2H3. The van der Waals surface area contributed by atoms with Crippen molar-refractivity contribution < 1.29 is 14.6 Å². The first-order valence-corrected chi connectivity index (χ1v) is 9.81. The number of aromatic amines is 1. The van der Waals surface area contributed by atoms with Crippen molar-refractivity contribution in [1.29, 1.82) is 0 Å². The van der Waals surface area contributed by atoms with Crippen molar-refractivity contribution >= 4 is 16.6 Å². The lowest BCUT2D eigenvalue weighted by atomic mass is 9.96. The second-order valence-electron chi connectivity index (χ2n) is 7.04. The number of rotatable bonds is 8. The Kier molecular flexibility index (Phi) is 5.91. The quantitative estimate of drug-likeness (QED) is 0.385. The molecule has 0 aliphatic heterocycles. The van der Waals surface area contributed by atoms with E-state index in [4.69, 9.17) is 9.47 Å². The summed E-state index contributed by atoms with van der Waals surface area (Å²) in [6, 6.07) is 21.8. The summed E-state index contributed by atoms with van der Waals surface area (Å²) in [5.74, 6) is 1.44. The molecule has 1 aromatic heterocycles. The number of hydrogen-bond acceptors (Lipinski definition) is 4. The molecule has 4 rings (SSSR count). The Bertz CT molecular complexity index is 1100. The molecule has 0 bridgehead atoms. The van der Waals surface area contributed by atoms with Crippen molar-refractivity contribution in [3.05, 3.63) is 96.0 Å². The highest BCUT2D eigenvalue weighted by Crippen LogP contribution is 2.33. The number of anilines is 1. The van der Waals surface area contributed by atoms with Crippen molar-refractivity contribution in [1.82, 2.24) is 4.98 Å². The summed E-state index contributed by atoms with van der Waals surface area (Å²) in [7, 11) is 3.28. The Labute approximate surface area is 176 Å². The third-order valence-electron chi connectivity index (χ3n) is 5.17. The Balaban J connectivity index is 1.72. The molecule has 0 saturated heterocycles. The van der Waals surface area contributed by atoms with Crippen LogP contribution in [0.3, 0.4) is 0 Å². The average molecular weight is 401 g/mol. The summed E-state index contributed by atoms with van der Waals surface area (Å²) >= 11 is 0. The van der Waals surface area contributed by atoms with Crippen LogP contribution in [0.2, 0.25) is 0 Å². The molecule has 0 saturated carbocycles. The highest BCUT2D eigenvalue weighted by atomic mass is 16.5. The summed E-state index contributed by atoms with van der Waals surface area (Å²) in [4.78, 5) is 3.31. The molecular formula is C25H25N2O3. The van der Waals surface area contributed by atoms with Gasteiger partial charge in [0.15, 0.2) is 0 Å². The summed E-state index contributed by atoms with van der Waals surface area (Å²) in [6.07, 6.45) is 4.15. The van der Waals surface area contributed by atoms with E-state index in [1.807, 2.05) is 60.8 Å². The van der Waals surface area contributed by atoms with Crippen molar-refractivity contribution in [2.45, 2.75) is 12.6 Å². The van der Waals surface area contributed by atoms with Crippen LogP contribution in [0, 0.1) is 6.42 Å². The van der Waals surface area contributed by atoms with Crippen LogP contribution >= 0.6 is 0 Å². The number of aliphatic hydroxyl groups excluding tert-OH is 1. The molecule has 1 unspecified atom stereocenters. The van der Waals surface area contributed by atoms with Crippen LogP contribution in [0.1, 0.15) is 22.7 Å². The Hall–Kier alpha value is -3.44. The third kappa shape index (κ3) is 4.11. The summed E-state index contributed by atoms with van der Waals surface area (Å²) in [5, 5.41) is 14.4. The number of fused-ring (bicyclic) bond motifs is 1. The number of benzene rings is 3. The molecule has 153 valence electrons. The van der Waals surface area contributed by atoms with E-state index >= 15 is 0 Å². The minimum Gasteiger partial charge on any atom is -0.497 e. The van der Waals surface area contributed by atoms with Gasteiger partial charge in [0, 0.05) is 47.4 Å². The van der Waals surface area contributed by atoms with Crippen LogP contribution < -0.4 is 14.8 Å². The second-order valence-corrected chi connectivity index (χ2v) is 7.04. The Morgan fingerprint density at radius 3 is 2.37 bits per heavy atom. The van der Waals surface area contributed by atoms with Crippen molar-refractivity contribution in [2.75, 3.05) is 19.5 Å². The van der Waals surface area contributed by atoms with Crippen LogP contribution in [0.5, 0.6) is 11.5 Å². The highest BCUT2D eigenvalue weighted by molar-refractivity contribution is 5.88. The van der Waals surface area contributed by atoms with E-state index in [-0.39, 0.29) is 12.6 Å². The second kappa shape index (κ2) is 8.93. The Morgan fingerprint density at radius 2 is 1.70 bits per heavy atom. The molecule has 1 radical (unpaired) electrons. The molecule has 0 spiro atoms. The predicted molar refractivity (Wildman–Crippen MR) is 120 cm³/mol. The predicted octanol–water partition coefficient (Wildman–Crippen LogP) is 5.08. The molecule has 3 N–H and O–H groups in total. The maximum Gasteiger partial charge on any atom is 0.124 e. The largest absolute Gasteiger partial charge is 0.497 e. The van der Waals surface area contributed by atoms with Crippen LogP contribution in [0.4, 0.5) is 5.69 Å². The molecule has 0 fully saturated rings. The lowest BCUT2D eigenvalue weighted by molar-refractivity contribution is 0.283. The van der Waals surface area contributed by atoms with Gasteiger partial charge in [-0.15, -0.1) is 0 Å². The minimum atomic E-state index is -0.103. The van der Waals surface area contributed by atoms with Gasteiger partial charge in [-0.2, -0.15) is 0 Å².